The molecule has 0 radical (unpaired) electrons. The summed E-state index contributed by atoms with van der Waals surface area (Å²) in [5.74, 6) is 0.282. The van der Waals surface area contributed by atoms with Gasteiger partial charge < -0.3 is 4.74 Å². The normalized spacial score (nSPS) is 16.3. The molecule has 3 heterocycles. The Labute approximate surface area is 267 Å². The number of hydrogen-bond donors (Lipinski definition) is 0. The van der Waals surface area contributed by atoms with Gasteiger partial charge in [-0.3, -0.25) is 9.69 Å². The largest absolute Gasteiger partial charge is 0.480 e. The van der Waals surface area contributed by atoms with Crippen molar-refractivity contribution in [2.75, 3.05) is 12.0 Å². The zero-order chi connectivity index (χ0) is 30.9. The first-order valence-corrected chi connectivity index (χ1v) is 15.3. The fourth-order valence-corrected chi connectivity index (χ4v) is 6.97. The standard InChI is InChI=1S/C37H24BrN5O2/c1-21-7-9-22(10-8-21)27-18-31(42-36(45-2)28(27)20-39)23-11-14-25(15-12-23)43-33(44)19-37(43)29-6-4-3-5-26(29)34-35(37)41-32-17-24(38)13-16-30(32)40-34/h3-18H,19H2,1-2H3. The van der Waals surface area contributed by atoms with Crippen molar-refractivity contribution in [3.05, 3.63) is 124 Å². The molecule has 7 nitrogen and oxygen atoms in total. The fraction of sp³-hybridized carbons (Fsp3) is 0.108. The molecule has 1 aliphatic heterocycles. The molecule has 8 heteroatoms. The van der Waals surface area contributed by atoms with Crippen LogP contribution in [0, 0.1) is 18.3 Å². The predicted molar refractivity (Wildman–Crippen MR) is 177 cm³/mol. The molecule has 45 heavy (non-hydrogen) atoms. The maximum Gasteiger partial charge on any atom is 0.232 e. The van der Waals surface area contributed by atoms with E-state index in [0.29, 0.717) is 17.7 Å². The number of aromatic nitrogens is 3. The molecule has 1 spiro atoms. The third-order valence-electron chi connectivity index (χ3n) is 8.76. The van der Waals surface area contributed by atoms with Crippen molar-refractivity contribution in [3.8, 4) is 45.6 Å². The molecule has 2 aliphatic rings. The lowest BCUT2D eigenvalue weighted by molar-refractivity contribution is -0.126. The van der Waals surface area contributed by atoms with E-state index in [1.807, 2.05) is 96.8 Å². The average molecular weight is 651 g/mol. The summed E-state index contributed by atoms with van der Waals surface area (Å²) in [6.45, 7) is 2.03. The number of nitriles is 1. The minimum absolute atomic E-state index is 0.0152. The number of anilines is 1. The Morgan fingerprint density at radius 1 is 0.867 bits per heavy atom. The summed E-state index contributed by atoms with van der Waals surface area (Å²) in [5, 5.41) is 9.96. The molecule has 1 saturated heterocycles. The molecular weight excluding hydrogens is 626 g/mol. The van der Waals surface area contributed by atoms with Crippen LogP contribution in [0.3, 0.4) is 0 Å². The van der Waals surface area contributed by atoms with Crippen molar-refractivity contribution in [2.24, 2.45) is 0 Å². The predicted octanol–water partition coefficient (Wildman–Crippen LogP) is 7.97. The SMILES string of the molecule is COc1nc(-c2ccc(N3C(=O)CC34c3ccccc3-c3nc5ccc(Br)cc5nc34)cc2)cc(-c2ccc(C)cc2)c1C#N. The van der Waals surface area contributed by atoms with Gasteiger partial charge in [0.1, 0.15) is 17.2 Å². The second kappa shape index (κ2) is 10.1. The van der Waals surface area contributed by atoms with E-state index in [1.165, 1.54) is 7.11 Å². The second-order valence-corrected chi connectivity index (χ2v) is 12.2. The van der Waals surface area contributed by atoms with E-state index >= 15 is 0 Å². The number of amides is 1. The van der Waals surface area contributed by atoms with Crippen molar-refractivity contribution in [2.45, 2.75) is 18.9 Å². The van der Waals surface area contributed by atoms with E-state index in [0.717, 1.165) is 66.0 Å². The lowest BCUT2D eigenvalue weighted by atomic mass is 9.77. The molecule has 1 unspecified atom stereocenters. The van der Waals surface area contributed by atoms with Gasteiger partial charge in [-0.2, -0.15) is 5.26 Å². The van der Waals surface area contributed by atoms with Gasteiger partial charge in [-0.15, -0.1) is 0 Å². The highest BCUT2D eigenvalue weighted by Crippen LogP contribution is 2.57. The quantitative estimate of drug-likeness (QED) is 0.180. The monoisotopic (exact) mass is 649 g/mol. The van der Waals surface area contributed by atoms with Crippen LogP contribution < -0.4 is 9.64 Å². The van der Waals surface area contributed by atoms with E-state index in [9.17, 15) is 10.1 Å². The molecular formula is C37H24BrN5O2. The van der Waals surface area contributed by atoms with Crippen molar-refractivity contribution >= 4 is 38.6 Å². The molecule has 1 fully saturated rings. The maximum absolute atomic E-state index is 13.5. The van der Waals surface area contributed by atoms with E-state index in [4.69, 9.17) is 14.7 Å². The van der Waals surface area contributed by atoms with Crippen LogP contribution in [-0.4, -0.2) is 28.0 Å². The van der Waals surface area contributed by atoms with Gasteiger partial charge in [0.15, 0.2) is 0 Å². The topological polar surface area (TPSA) is 92.0 Å². The molecule has 0 bridgehead atoms. The highest BCUT2D eigenvalue weighted by Gasteiger charge is 2.60. The van der Waals surface area contributed by atoms with Crippen LogP contribution in [0.25, 0.3) is 44.7 Å². The number of halogens is 1. The van der Waals surface area contributed by atoms with Crippen molar-refractivity contribution in [1.82, 2.24) is 15.0 Å². The summed E-state index contributed by atoms with van der Waals surface area (Å²) in [6.07, 6.45) is 0.307. The van der Waals surface area contributed by atoms with Crippen LogP contribution in [-0.2, 0) is 10.3 Å². The Balaban J connectivity index is 1.23. The Hall–Kier alpha value is -5.39. The molecule has 216 valence electrons. The number of benzene rings is 4. The zero-order valence-corrected chi connectivity index (χ0v) is 26.0. The number of β-lactam (4-membered cyclic amide) rings is 1. The summed E-state index contributed by atoms with van der Waals surface area (Å²) in [7, 11) is 1.52. The molecule has 1 amide bonds. The van der Waals surface area contributed by atoms with Gasteiger partial charge in [-0.1, -0.05) is 82.2 Å². The number of ether oxygens (including phenoxy) is 1. The van der Waals surface area contributed by atoms with Crippen LogP contribution >= 0.6 is 15.9 Å². The zero-order valence-electron chi connectivity index (χ0n) is 24.4. The first-order chi connectivity index (χ1) is 21.9. The number of methoxy groups -OCH3 is 1. The molecule has 8 rings (SSSR count). The Morgan fingerprint density at radius 2 is 1.62 bits per heavy atom. The molecule has 6 aromatic rings. The summed E-state index contributed by atoms with van der Waals surface area (Å²) < 4.78 is 6.47. The molecule has 1 aliphatic carbocycles. The van der Waals surface area contributed by atoms with Crippen LogP contribution in [0.2, 0.25) is 0 Å². The van der Waals surface area contributed by atoms with Gasteiger partial charge in [-0.05, 0) is 54.4 Å². The smallest absolute Gasteiger partial charge is 0.232 e. The number of hydrogen-bond acceptors (Lipinski definition) is 6. The molecule has 0 saturated carbocycles. The minimum atomic E-state index is -0.747. The highest BCUT2D eigenvalue weighted by molar-refractivity contribution is 9.10. The number of rotatable bonds is 4. The maximum atomic E-state index is 13.5. The highest BCUT2D eigenvalue weighted by atomic mass is 79.9. The van der Waals surface area contributed by atoms with E-state index in [-0.39, 0.29) is 11.8 Å². The molecule has 1 atom stereocenters. The number of fused-ring (bicyclic) bond motifs is 6. The third-order valence-corrected chi connectivity index (χ3v) is 9.25. The van der Waals surface area contributed by atoms with Crippen LogP contribution in [0.15, 0.2) is 102 Å². The van der Waals surface area contributed by atoms with Gasteiger partial charge in [0.05, 0.1) is 41.6 Å². The lowest BCUT2D eigenvalue weighted by Crippen LogP contribution is -2.61. The first-order valence-electron chi connectivity index (χ1n) is 14.5. The summed E-state index contributed by atoms with van der Waals surface area (Å²) >= 11 is 3.56. The first kappa shape index (κ1) is 27.2. The van der Waals surface area contributed by atoms with Crippen LogP contribution in [0.1, 0.15) is 28.8 Å². The van der Waals surface area contributed by atoms with Crippen LogP contribution in [0.5, 0.6) is 5.88 Å². The third kappa shape index (κ3) is 4.01. The van der Waals surface area contributed by atoms with E-state index in [1.54, 1.807) is 0 Å². The molecule has 0 N–H and O–H groups in total. The fourth-order valence-electron chi connectivity index (χ4n) is 6.62. The van der Waals surface area contributed by atoms with Crippen LogP contribution in [0.4, 0.5) is 5.69 Å². The van der Waals surface area contributed by atoms with E-state index in [2.05, 4.69) is 39.1 Å². The lowest BCUT2D eigenvalue weighted by Gasteiger charge is -2.50. The number of nitrogens with zero attached hydrogens (tertiary/aromatic N) is 5. The molecule has 4 aromatic carbocycles. The number of carbonyl (C=O) groups excluding carboxylic acids is 1. The van der Waals surface area contributed by atoms with Crippen molar-refractivity contribution < 1.29 is 9.53 Å². The number of aryl methyl sites for hydroxylation is 1. The van der Waals surface area contributed by atoms with Gasteiger partial charge in [-0.25, -0.2) is 15.0 Å². The van der Waals surface area contributed by atoms with Crippen molar-refractivity contribution in [1.29, 1.82) is 5.26 Å². The van der Waals surface area contributed by atoms with Gasteiger partial charge in [0.25, 0.3) is 0 Å². The average Bonchev–Trinajstić information content (AvgIpc) is 3.34. The number of carbonyl (C=O) groups is 1. The van der Waals surface area contributed by atoms with Gasteiger partial charge in [0, 0.05) is 26.9 Å². The molecule has 2 aromatic heterocycles. The second-order valence-electron chi connectivity index (χ2n) is 11.3. The summed E-state index contributed by atoms with van der Waals surface area (Å²) in [4.78, 5) is 30.2. The van der Waals surface area contributed by atoms with Gasteiger partial charge >= 0.3 is 0 Å². The summed E-state index contributed by atoms with van der Waals surface area (Å²) in [6, 6.07) is 34.0. The van der Waals surface area contributed by atoms with E-state index < -0.39 is 5.54 Å². The summed E-state index contributed by atoms with van der Waals surface area (Å²) in [5.41, 5.74) is 9.88. The minimum Gasteiger partial charge on any atom is -0.480 e. The number of pyridine rings is 1. The Kier molecular flexibility index (Phi) is 6.09. The van der Waals surface area contributed by atoms with Gasteiger partial charge in [0.2, 0.25) is 11.8 Å². The Bertz CT molecular complexity index is 2240. The Morgan fingerprint density at radius 3 is 2.36 bits per heavy atom. The van der Waals surface area contributed by atoms with Crippen molar-refractivity contribution in [3.63, 3.8) is 0 Å².